The van der Waals surface area contributed by atoms with Crippen molar-refractivity contribution in [1.82, 2.24) is 5.32 Å². The highest BCUT2D eigenvalue weighted by atomic mass is 16.5. The molecule has 0 saturated heterocycles. The second-order valence-electron chi connectivity index (χ2n) is 3.25. The standard InChI is InChI=1S/C11H18N2O/c1-3-6-14-11-5-4-10(12)7-9(11)8-13-2/h4-5,7,13H,3,6,8,12H2,1-2H3. The molecule has 0 fully saturated rings. The molecule has 0 atom stereocenters. The lowest BCUT2D eigenvalue weighted by Crippen LogP contribution is -2.08. The Morgan fingerprint density at radius 2 is 2.21 bits per heavy atom. The topological polar surface area (TPSA) is 47.3 Å². The van der Waals surface area contributed by atoms with Crippen LogP contribution in [0.1, 0.15) is 18.9 Å². The van der Waals surface area contributed by atoms with Gasteiger partial charge in [0.1, 0.15) is 5.75 Å². The molecule has 1 rings (SSSR count). The highest BCUT2D eigenvalue weighted by molar-refractivity contribution is 5.47. The first kappa shape index (κ1) is 10.9. The minimum absolute atomic E-state index is 0.751. The van der Waals surface area contributed by atoms with Gasteiger partial charge in [-0.15, -0.1) is 0 Å². The van der Waals surface area contributed by atoms with Crippen LogP contribution in [0.4, 0.5) is 5.69 Å². The van der Waals surface area contributed by atoms with Crippen LogP contribution in [0, 0.1) is 0 Å². The van der Waals surface area contributed by atoms with Gasteiger partial charge in [-0.1, -0.05) is 6.92 Å². The Bertz CT molecular complexity index is 287. The predicted octanol–water partition coefficient (Wildman–Crippen LogP) is 1.78. The Hall–Kier alpha value is -1.22. The summed E-state index contributed by atoms with van der Waals surface area (Å²) in [5.41, 5.74) is 7.59. The van der Waals surface area contributed by atoms with Crippen molar-refractivity contribution in [2.24, 2.45) is 0 Å². The van der Waals surface area contributed by atoms with Crippen LogP contribution in [0.25, 0.3) is 0 Å². The quantitative estimate of drug-likeness (QED) is 0.702. The molecule has 3 heteroatoms. The van der Waals surface area contributed by atoms with Crippen molar-refractivity contribution >= 4 is 5.69 Å². The van der Waals surface area contributed by atoms with Crippen molar-refractivity contribution in [2.45, 2.75) is 19.9 Å². The number of nitrogens with one attached hydrogen (secondary N) is 1. The van der Waals surface area contributed by atoms with Gasteiger partial charge in [0, 0.05) is 17.8 Å². The third-order valence-corrected chi connectivity index (χ3v) is 1.91. The average molecular weight is 194 g/mol. The predicted molar refractivity (Wildman–Crippen MR) is 59.4 cm³/mol. The maximum absolute atomic E-state index is 5.70. The molecule has 0 aliphatic carbocycles. The Balaban J connectivity index is 2.78. The van der Waals surface area contributed by atoms with Crippen molar-refractivity contribution in [3.8, 4) is 5.75 Å². The fraction of sp³-hybridized carbons (Fsp3) is 0.455. The van der Waals surface area contributed by atoms with Gasteiger partial charge >= 0.3 is 0 Å². The average Bonchev–Trinajstić information content (AvgIpc) is 2.17. The number of hydrogen-bond acceptors (Lipinski definition) is 3. The molecule has 3 N–H and O–H groups in total. The molecule has 0 aromatic heterocycles. The van der Waals surface area contributed by atoms with Gasteiger partial charge in [0.2, 0.25) is 0 Å². The molecule has 0 amide bonds. The summed E-state index contributed by atoms with van der Waals surface area (Å²) in [6, 6.07) is 5.74. The van der Waals surface area contributed by atoms with Crippen LogP contribution in [-0.2, 0) is 6.54 Å². The first-order valence-corrected chi connectivity index (χ1v) is 4.93. The van der Waals surface area contributed by atoms with E-state index in [2.05, 4.69) is 12.2 Å². The number of benzene rings is 1. The number of anilines is 1. The summed E-state index contributed by atoms with van der Waals surface area (Å²) in [4.78, 5) is 0. The lowest BCUT2D eigenvalue weighted by molar-refractivity contribution is 0.313. The van der Waals surface area contributed by atoms with E-state index >= 15 is 0 Å². The first-order valence-electron chi connectivity index (χ1n) is 4.93. The number of rotatable bonds is 5. The van der Waals surface area contributed by atoms with Gasteiger partial charge in [-0.3, -0.25) is 0 Å². The molecule has 1 aromatic carbocycles. The number of nitrogen functional groups attached to an aromatic ring is 1. The zero-order chi connectivity index (χ0) is 10.4. The van der Waals surface area contributed by atoms with Crippen molar-refractivity contribution in [3.63, 3.8) is 0 Å². The molecule has 0 unspecified atom stereocenters. The number of hydrogen-bond donors (Lipinski definition) is 2. The Morgan fingerprint density at radius 1 is 1.43 bits per heavy atom. The van der Waals surface area contributed by atoms with Crippen LogP contribution in [-0.4, -0.2) is 13.7 Å². The van der Waals surface area contributed by atoms with Gasteiger partial charge in [-0.05, 0) is 31.7 Å². The molecule has 78 valence electrons. The van der Waals surface area contributed by atoms with E-state index in [-0.39, 0.29) is 0 Å². The van der Waals surface area contributed by atoms with Gasteiger partial charge in [0.25, 0.3) is 0 Å². The van der Waals surface area contributed by atoms with E-state index in [0.29, 0.717) is 0 Å². The van der Waals surface area contributed by atoms with Crippen LogP contribution in [0.5, 0.6) is 5.75 Å². The van der Waals surface area contributed by atoms with Gasteiger partial charge < -0.3 is 15.8 Å². The third kappa shape index (κ3) is 2.92. The van der Waals surface area contributed by atoms with Crippen LogP contribution < -0.4 is 15.8 Å². The van der Waals surface area contributed by atoms with Crippen LogP contribution in [0.3, 0.4) is 0 Å². The van der Waals surface area contributed by atoms with E-state index in [1.54, 1.807) is 0 Å². The molecule has 0 aliphatic rings. The van der Waals surface area contributed by atoms with Gasteiger partial charge in [-0.2, -0.15) is 0 Å². The summed E-state index contributed by atoms with van der Waals surface area (Å²) in [6.07, 6.45) is 1.02. The normalized spacial score (nSPS) is 10.1. The Morgan fingerprint density at radius 3 is 2.86 bits per heavy atom. The van der Waals surface area contributed by atoms with Crippen molar-refractivity contribution < 1.29 is 4.74 Å². The van der Waals surface area contributed by atoms with E-state index < -0.39 is 0 Å². The number of nitrogens with two attached hydrogens (primary N) is 1. The Labute approximate surface area is 85.3 Å². The molecule has 14 heavy (non-hydrogen) atoms. The lowest BCUT2D eigenvalue weighted by atomic mass is 10.2. The number of ether oxygens (including phenoxy) is 1. The van der Waals surface area contributed by atoms with Crippen molar-refractivity contribution in [1.29, 1.82) is 0 Å². The zero-order valence-electron chi connectivity index (χ0n) is 8.84. The Kier molecular flexibility index (Phi) is 4.26. The fourth-order valence-electron chi connectivity index (χ4n) is 1.28. The van der Waals surface area contributed by atoms with Crippen LogP contribution in [0.15, 0.2) is 18.2 Å². The second kappa shape index (κ2) is 5.50. The summed E-state index contributed by atoms with van der Waals surface area (Å²) in [5, 5.41) is 3.09. The minimum atomic E-state index is 0.751. The van der Waals surface area contributed by atoms with Crippen LogP contribution in [0.2, 0.25) is 0 Å². The first-order chi connectivity index (χ1) is 6.77. The summed E-state index contributed by atoms with van der Waals surface area (Å²) >= 11 is 0. The summed E-state index contributed by atoms with van der Waals surface area (Å²) < 4.78 is 5.60. The molecule has 0 spiro atoms. The smallest absolute Gasteiger partial charge is 0.123 e. The molecule has 0 aliphatic heterocycles. The van der Waals surface area contributed by atoms with E-state index in [1.165, 1.54) is 0 Å². The third-order valence-electron chi connectivity index (χ3n) is 1.91. The van der Waals surface area contributed by atoms with Gasteiger partial charge in [0.05, 0.1) is 6.61 Å². The molecule has 3 nitrogen and oxygen atoms in total. The van der Waals surface area contributed by atoms with E-state index in [1.807, 2.05) is 25.2 Å². The maximum Gasteiger partial charge on any atom is 0.123 e. The van der Waals surface area contributed by atoms with Gasteiger partial charge in [-0.25, -0.2) is 0 Å². The summed E-state index contributed by atoms with van der Waals surface area (Å²) in [7, 11) is 1.91. The van der Waals surface area contributed by atoms with E-state index in [9.17, 15) is 0 Å². The molecular weight excluding hydrogens is 176 g/mol. The largest absolute Gasteiger partial charge is 0.493 e. The highest BCUT2D eigenvalue weighted by Crippen LogP contribution is 2.21. The van der Waals surface area contributed by atoms with Gasteiger partial charge in [0.15, 0.2) is 0 Å². The van der Waals surface area contributed by atoms with Crippen molar-refractivity contribution in [2.75, 3.05) is 19.4 Å². The van der Waals surface area contributed by atoms with Crippen molar-refractivity contribution in [3.05, 3.63) is 23.8 Å². The molecule has 0 heterocycles. The SMILES string of the molecule is CCCOc1ccc(N)cc1CNC. The molecule has 0 radical (unpaired) electrons. The minimum Gasteiger partial charge on any atom is -0.493 e. The molecule has 1 aromatic rings. The maximum atomic E-state index is 5.70. The second-order valence-corrected chi connectivity index (χ2v) is 3.25. The highest BCUT2D eigenvalue weighted by Gasteiger charge is 2.02. The van der Waals surface area contributed by atoms with E-state index in [4.69, 9.17) is 10.5 Å². The zero-order valence-corrected chi connectivity index (χ0v) is 8.84. The lowest BCUT2D eigenvalue weighted by Gasteiger charge is -2.11. The molecular formula is C11H18N2O. The van der Waals surface area contributed by atoms with Crippen LogP contribution >= 0.6 is 0 Å². The van der Waals surface area contributed by atoms with E-state index in [0.717, 1.165) is 36.6 Å². The molecule has 0 bridgehead atoms. The fourth-order valence-corrected chi connectivity index (χ4v) is 1.28. The monoisotopic (exact) mass is 194 g/mol. The summed E-state index contributed by atoms with van der Waals surface area (Å²) in [6.45, 7) is 3.62. The molecule has 0 saturated carbocycles. The summed E-state index contributed by atoms with van der Waals surface area (Å²) in [5.74, 6) is 0.926.